The van der Waals surface area contributed by atoms with E-state index in [-0.39, 0.29) is 19.0 Å². The van der Waals surface area contributed by atoms with Crippen molar-refractivity contribution in [2.24, 2.45) is 0 Å². The van der Waals surface area contributed by atoms with Gasteiger partial charge in [-0.05, 0) is 24.3 Å². The molecule has 0 N–H and O–H groups in total. The van der Waals surface area contributed by atoms with Gasteiger partial charge in [0.15, 0.2) is 0 Å². The van der Waals surface area contributed by atoms with Gasteiger partial charge in [-0.15, -0.1) is 5.10 Å². The lowest BCUT2D eigenvalue weighted by atomic mass is 10.1. The van der Waals surface area contributed by atoms with Gasteiger partial charge in [0.1, 0.15) is 18.9 Å². The van der Waals surface area contributed by atoms with Crippen molar-refractivity contribution in [1.82, 2.24) is 9.78 Å². The van der Waals surface area contributed by atoms with Crippen LogP contribution in [0.3, 0.4) is 0 Å². The first-order valence-electron chi connectivity index (χ1n) is 10.5. The van der Waals surface area contributed by atoms with Crippen molar-refractivity contribution in [1.29, 1.82) is 0 Å². The van der Waals surface area contributed by atoms with E-state index in [1.807, 2.05) is 48.5 Å². The third-order valence-electron chi connectivity index (χ3n) is 5.19. The fourth-order valence-electron chi connectivity index (χ4n) is 3.59. The van der Waals surface area contributed by atoms with Crippen molar-refractivity contribution in [2.75, 3.05) is 0 Å². The fourth-order valence-corrected chi connectivity index (χ4v) is 4.14. The second-order valence-corrected chi connectivity index (χ2v) is 8.50. The van der Waals surface area contributed by atoms with Crippen molar-refractivity contribution < 1.29 is 23.4 Å². The number of aromatic nitrogens is 2. The van der Waals surface area contributed by atoms with Crippen LogP contribution in [0.4, 0.5) is 0 Å². The molecule has 1 aliphatic heterocycles. The van der Waals surface area contributed by atoms with Crippen molar-refractivity contribution in [3.63, 3.8) is 0 Å². The molecule has 0 radical (unpaired) electrons. The summed E-state index contributed by atoms with van der Waals surface area (Å²) >= 11 is 3.48. The van der Waals surface area contributed by atoms with Gasteiger partial charge in [-0.2, -0.15) is 4.68 Å². The standard InChI is InChI=1S/C25H19BrN2O6/c26-20-11-18(22-19(12-20)15-32-24(33-22)17-9-5-2-6-10-17)14-31-21(29)13-28-25(30)34-23(27-28)16-7-3-1-4-8-16/h1-12,24H,13-15H2/t24-/m1/s1. The SMILES string of the molecule is O=C(Cn1nc(-c2ccccc2)oc1=O)OCc1cc(Br)cc2c1O[C@H](c1ccccc1)OC2. The zero-order valence-corrected chi connectivity index (χ0v) is 19.4. The topological polar surface area (TPSA) is 92.8 Å². The Kier molecular flexibility index (Phi) is 6.29. The molecule has 34 heavy (non-hydrogen) atoms. The maximum atomic E-state index is 12.5. The number of hydrogen-bond acceptors (Lipinski definition) is 7. The lowest BCUT2D eigenvalue weighted by molar-refractivity contribution is -0.146. The van der Waals surface area contributed by atoms with E-state index in [0.717, 1.165) is 20.3 Å². The van der Waals surface area contributed by atoms with Crippen molar-refractivity contribution in [3.8, 4) is 17.2 Å². The molecule has 172 valence electrons. The van der Waals surface area contributed by atoms with Crippen LogP contribution in [-0.4, -0.2) is 15.7 Å². The monoisotopic (exact) mass is 522 g/mol. The quantitative estimate of drug-likeness (QED) is 0.341. The normalized spacial score (nSPS) is 14.8. The number of nitrogens with zero attached hydrogens (tertiary/aromatic N) is 2. The van der Waals surface area contributed by atoms with Gasteiger partial charge >= 0.3 is 11.7 Å². The van der Waals surface area contributed by atoms with Crippen LogP contribution in [0.25, 0.3) is 11.5 Å². The highest BCUT2D eigenvalue weighted by molar-refractivity contribution is 9.10. The zero-order chi connectivity index (χ0) is 23.5. The van der Waals surface area contributed by atoms with E-state index in [0.29, 0.717) is 23.5 Å². The van der Waals surface area contributed by atoms with Crippen LogP contribution in [0.1, 0.15) is 23.0 Å². The summed E-state index contributed by atoms with van der Waals surface area (Å²) in [6.45, 7) is -0.0614. The minimum absolute atomic E-state index is 0.0414. The molecule has 0 unspecified atom stereocenters. The maximum Gasteiger partial charge on any atom is 0.437 e. The largest absolute Gasteiger partial charge is 0.460 e. The van der Waals surface area contributed by atoms with Gasteiger partial charge in [-0.3, -0.25) is 4.79 Å². The average Bonchev–Trinajstić information content (AvgIpc) is 3.23. The molecule has 0 bridgehead atoms. The Morgan fingerprint density at radius 2 is 1.82 bits per heavy atom. The van der Waals surface area contributed by atoms with E-state index < -0.39 is 18.0 Å². The smallest absolute Gasteiger partial charge is 0.437 e. The minimum atomic E-state index is -0.734. The van der Waals surface area contributed by atoms with Crippen LogP contribution in [-0.2, 0) is 34.0 Å². The first kappa shape index (κ1) is 22.1. The summed E-state index contributed by atoms with van der Waals surface area (Å²) in [5.41, 5.74) is 3.05. The maximum absolute atomic E-state index is 12.5. The molecule has 1 aromatic heterocycles. The summed E-state index contributed by atoms with van der Waals surface area (Å²) in [6.07, 6.45) is -0.561. The molecule has 0 aliphatic carbocycles. The molecule has 2 heterocycles. The molecule has 8 nitrogen and oxygen atoms in total. The molecule has 0 spiro atoms. The Morgan fingerprint density at radius 1 is 1.09 bits per heavy atom. The van der Waals surface area contributed by atoms with Crippen LogP contribution in [0, 0.1) is 0 Å². The van der Waals surface area contributed by atoms with Crippen LogP contribution in [0.5, 0.6) is 5.75 Å². The number of hydrogen-bond donors (Lipinski definition) is 0. The summed E-state index contributed by atoms with van der Waals surface area (Å²) in [5.74, 6) is -0.613. The first-order chi connectivity index (χ1) is 16.6. The number of fused-ring (bicyclic) bond motifs is 1. The Bertz CT molecular complexity index is 1370. The Labute approximate surface area is 202 Å². The highest BCUT2D eigenvalue weighted by atomic mass is 79.9. The lowest BCUT2D eigenvalue weighted by Crippen LogP contribution is -2.23. The molecule has 4 aromatic rings. The molecule has 1 aliphatic rings. The highest BCUT2D eigenvalue weighted by Gasteiger charge is 2.25. The molecular formula is C25H19BrN2O6. The summed E-state index contributed by atoms with van der Waals surface area (Å²) in [6, 6.07) is 22.3. The van der Waals surface area contributed by atoms with Gasteiger partial charge in [0.25, 0.3) is 0 Å². The van der Waals surface area contributed by atoms with E-state index in [9.17, 15) is 9.59 Å². The highest BCUT2D eigenvalue weighted by Crippen LogP contribution is 2.38. The van der Waals surface area contributed by atoms with E-state index in [1.165, 1.54) is 0 Å². The van der Waals surface area contributed by atoms with Gasteiger partial charge in [0.2, 0.25) is 12.2 Å². The van der Waals surface area contributed by atoms with E-state index in [1.54, 1.807) is 24.3 Å². The lowest BCUT2D eigenvalue weighted by Gasteiger charge is -2.28. The second-order valence-electron chi connectivity index (χ2n) is 7.58. The van der Waals surface area contributed by atoms with Gasteiger partial charge in [0.05, 0.1) is 6.61 Å². The summed E-state index contributed by atoms with van der Waals surface area (Å²) in [5, 5.41) is 4.09. The average molecular weight is 523 g/mol. The molecule has 1 atom stereocenters. The van der Waals surface area contributed by atoms with Crippen LogP contribution in [0.2, 0.25) is 0 Å². The number of benzene rings is 3. The molecular weight excluding hydrogens is 504 g/mol. The molecule has 3 aromatic carbocycles. The van der Waals surface area contributed by atoms with Crippen molar-refractivity contribution >= 4 is 21.9 Å². The van der Waals surface area contributed by atoms with Gasteiger partial charge < -0.3 is 18.6 Å². The summed E-state index contributed by atoms with van der Waals surface area (Å²) in [7, 11) is 0. The number of carbonyl (C=O) groups excluding carboxylic acids is 1. The van der Waals surface area contributed by atoms with E-state index in [4.69, 9.17) is 18.6 Å². The third kappa shape index (κ3) is 4.80. The first-order valence-corrected chi connectivity index (χ1v) is 11.3. The number of carbonyl (C=O) groups is 1. The van der Waals surface area contributed by atoms with Crippen LogP contribution < -0.4 is 10.5 Å². The number of esters is 1. The molecule has 0 saturated heterocycles. The van der Waals surface area contributed by atoms with Gasteiger partial charge in [-0.1, -0.05) is 64.5 Å². The number of halogens is 1. The van der Waals surface area contributed by atoms with Gasteiger partial charge in [-0.25, -0.2) is 4.79 Å². The molecule has 0 fully saturated rings. The third-order valence-corrected chi connectivity index (χ3v) is 5.65. The second kappa shape index (κ2) is 9.66. The van der Waals surface area contributed by atoms with E-state index in [2.05, 4.69) is 21.0 Å². The van der Waals surface area contributed by atoms with Crippen LogP contribution >= 0.6 is 15.9 Å². The van der Waals surface area contributed by atoms with Crippen molar-refractivity contribution in [3.05, 3.63) is 105 Å². The predicted molar refractivity (Wildman–Crippen MR) is 125 cm³/mol. The van der Waals surface area contributed by atoms with Crippen molar-refractivity contribution in [2.45, 2.75) is 26.0 Å². The minimum Gasteiger partial charge on any atom is -0.460 e. The fraction of sp³-hybridized carbons (Fsp3) is 0.160. The molecule has 5 rings (SSSR count). The Balaban J connectivity index is 1.29. The number of ether oxygens (including phenoxy) is 3. The Morgan fingerprint density at radius 3 is 2.59 bits per heavy atom. The molecule has 0 amide bonds. The van der Waals surface area contributed by atoms with E-state index >= 15 is 0 Å². The summed E-state index contributed by atoms with van der Waals surface area (Å²) in [4.78, 5) is 24.6. The predicted octanol–water partition coefficient (Wildman–Crippen LogP) is 4.62. The number of rotatable bonds is 6. The van der Waals surface area contributed by atoms with Crippen LogP contribution in [0.15, 0.2) is 86.5 Å². The zero-order valence-electron chi connectivity index (χ0n) is 17.8. The molecule has 9 heteroatoms. The van der Waals surface area contributed by atoms with Gasteiger partial charge in [0, 0.05) is 26.7 Å². The Hall–Kier alpha value is -3.69. The molecule has 0 saturated carbocycles. The summed E-state index contributed by atoms with van der Waals surface area (Å²) < 4.78 is 24.3.